The van der Waals surface area contributed by atoms with Gasteiger partial charge in [-0.3, -0.25) is 0 Å². The van der Waals surface area contributed by atoms with Crippen molar-refractivity contribution in [2.75, 3.05) is 18.0 Å². The Kier molecular flexibility index (Phi) is 5.32. The lowest BCUT2D eigenvalue weighted by Gasteiger charge is -2.40. The van der Waals surface area contributed by atoms with Crippen molar-refractivity contribution < 1.29 is 0 Å². The predicted molar refractivity (Wildman–Crippen MR) is 93.0 cm³/mol. The minimum atomic E-state index is 0.531. The van der Waals surface area contributed by atoms with E-state index in [2.05, 4.69) is 63.0 Å². The van der Waals surface area contributed by atoms with Gasteiger partial charge in [-0.2, -0.15) is 0 Å². The van der Waals surface area contributed by atoms with Gasteiger partial charge in [-0.1, -0.05) is 51.8 Å². The summed E-state index contributed by atoms with van der Waals surface area (Å²) < 4.78 is 0. The lowest BCUT2D eigenvalue weighted by atomic mass is 9.78. The van der Waals surface area contributed by atoms with E-state index in [1.807, 2.05) is 0 Å². The van der Waals surface area contributed by atoms with Crippen molar-refractivity contribution in [2.45, 2.75) is 66.5 Å². The van der Waals surface area contributed by atoms with Gasteiger partial charge < -0.3 is 10.2 Å². The molecule has 1 aromatic carbocycles. The first-order valence-corrected chi connectivity index (χ1v) is 8.51. The zero-order chi connectivity index (χ0) is 15.5. The number of rotatable bonds is 5. The highest BCUT2D eigenvalue weighted by molar-refractivity contribution is 5.55. The summed E-state index contributed by atoms with van der Waals surface area (Å²) in [6.07, 6.45) is 3.93. The Labute approximate surface area is 130 Å². The Morgan fingerprint density at radius 3 is 2.48 bits per heavy atom. The molecule has 1 aromatic rings. The zero-order valence-electron chi connectivity index (χ0n) is 14.5. The van der Waals surface area contributed by atoms with Crippen LogP contribution in [0.2, 0.25) is 0 Å². The molecule has 2 rings (SSSR count). The van der Waals surface area contributed by atoms with E-state index in [9.17, 15) is 0 Å². The molecule has 0 atom stereocenters. The van der Waals surface area contributed by atoms with E-state index in [1.165, 1.54) is 49.2 Å². The average molecular weight is 288 g/mol. The molecular formula is C19H32N2. The van der Waals surface area contributed by atoms with E-state index < -0.39 is 0 Å². The van der Waals surface area contributed by atoms with Gasteiger partial charge in [0.05, 0.1) is 0 Å². The highest BCUT2D eigenvalue weighted by atomic mass is 15.1. The van der Waals surface area contributed by atoms with Crippen molar-refractivity contribution in [1.29, 1.82) is 0 Å². The van der Waals surface area contributed by atoms with Crippen LogP contribution in [0.1, 0.15) is 58.1 Å². The maximum Gasteiger partial charge on any atom is 0.0412 e. The summed E-state index contributed by atoms with van der Waals surface area (Å²) in [5.41, 5.74) is 4.79. The Morgan fingerprint density at radius 2 is 1.90 bits per heavy atom. The van der Waals surface area contributed by atoms with Gasteiger partial charge in [0.25, 0.3) is 0 Å². The maximum absolute atomic E-state index is 3.57. The molecule has 1 heterocycles. The molecule has 0 aliphatic carbocycles. The molecule has 1 fully saturated rings. The van der Waals surface area contributed by atoms with E-state index in [0.29, 0.717) is 11.5 Å². The Bertz CT molecular complexity index is 457. The van der Waals surface area contributed by atoms with Gasteiger partial charge in [0.15, 0.2) is 0 Å². The molecule has 1 aliphatic rings. The Hall–Kier alpha value is -1.02. The van der Waals surface area contributed by atoms with Crippen LogP contribution < -0.4 is 10.2 Å². The van der Waals surface area contributed by atoms with Crippen LogP contribution in [-0.4, -0.2) is 19.1 Å². The number of hydrogen-bond acceptors (Lipinski definition) is 2. The maximum atomic E-state index is 3.57. The summed E-state index contributed by atoms with van der Waals surface area (Å²) in [6, 6.07) is 7.45. The summed E-state index contributed by atoms with van der Waals surface area (Å²) in [4.78, 5) is 2.59. The fourth-order valence-corrected chi connectivity index (χ4v) is 3.12. The first-order chi connectivity index (χ1) is 9.93. The third kappa shape index (κ3) is 4.23. The molecule has 1 aliphatic heterocycles. The van der Waals surface area contributed by atoms with Crippen molar-refractivity contribution >= 4 is 5.69 Å². The van der Waals surface area contributed by atoms with Crippen LogP contribution in [-0.2, 0) is 6.54 Å². The minimum absolute atomic E-state index is 0.531. The summed E-state index contributed by atoms with van der Waals surface area (Å²) in [5.74, 6) is 0. The molecule has 0 radical (unpaired) electrons. The van der Waals surface area contributed by atoms with Gasteiger partial charge in [0.2, 0.25) is 0 Å². The highest BCUT2D eigenvalue weighted by Gasteiger charge is 2.28. The first-order valence-electron chi connectivity index (χ1n) is 8.51. The van der Waals surface area contributed by atoms with E-state index in [-0.39, 0.29) is 0 Å². The third-order valence-electron chi connectivity index (χ3n) is 5.10. The van der Waals surface area contributed by atoms with E-state index in [1.54, 1.807) is 0 Å². The number of aryl methyl sites for hydroxylation is 1. The van der Waals surface area contributed by atoms with Gasteiger partial charge in [0, 0.05) is 31.4 Å². The molecule has 0 aromatic heterocycles. The topological polar surface area (TPSA) is 15.3 Å². The van der Waals surface area contributed by atoms with E-state index in [0.717, 1.165) is 6.54 Å². The van der Waals surface area contributed by atoms with Crippen LogP contribution in [0.25, 0.3) is 0 Å². The van der Waals surface area contributed by atoms with E-state index >= 15 is 0 Å². The molecule has 0 bridgehead atoms. The van der Waals surface area contributed by atoms with E-state index in [4.69, 9.17) is 0 Å². The van der Waals surface area contributed by atoms with Crippen LogP contribution in [0.15, 0.2) is 18.2 Å². The van der Waals surface area contributed by atoms with Gasteiger partial charge in [0.1, 0.15) is 0 Å². The second kappa shape index (κ2) is 6.83. The van der Waals surface area contributed by atoms with Crippen LogP contribution in [0.4, 0.5) is 5.69 Å². The fourth-order valence-electron chi connectivity index (χ4n) is 3.12. The monoisotopic (exact) mass is 288 g/mol. The van der Waals surface area contributed by atoms with Crippen LogP contribution in [0.5, 0.6) is 0 Å². The molecule has 0 saturated carbocycles. The van der Waals surface area contributed by atoms with Crippen LogP contribution >= 0.6 is 0 Å². The zero-order valence-corrected chi connectivity index (χ0v) is 14.5. The second-order valence-electron chi connectivity index (χ2n) is 7.32. The molecule has 1 saturated heterocycles. The smallest absolute Gasteiger partial charge is 0.0412 e. The number of piperidine rings is 1. The normalized spacial score (nSPS) is 18.3. The molecule has 2 nitrogen and oxygen atoms in total. The van der Waals surface area contributed by atoms with Crippen molar-refractivity contribution in [3.63, 3.8) is 0 Å². The summed E-state index contributed by atoms with van der Waals surface area (Å²) >= 11 is 0. The number of nitrogens with one attached hydrogen (secondary N) is 1. The average Bonchev–Trinajstić information content (AvgIpc) is 2.46. The van der Waals surface area contributed by atoms with Crippen molar-refractivity contribution in [3.05, 3.63) is 29.3 Å². The summed E-state index contributed by atoms with van der Waals surface area (Å²) in [7, 11) is 0. The van der Waals surface area contributed by atoms with Gasteiger partial charge >= 0.3 is 0 Å². The fraction of sp³-hybridized carbons (Fsp3) is 0.684. The minimum Gasteiger partial charge on any atom is -0.371 e. The Balaban J connectivity index is 2.12. The van der Waals surface area contributed by atoms with Gasteiger partial charge in [-0.15, -0.1) is 0 Å². The standard InChI is InChI=1S/C19H32N2/c1-6-19(5)9-11-21(12-10-19)18-8-7-16(4)13-17(18)14-20-15(2)3/h7-8,13,15,20H,6,9-12,14H2,1-5H3. The SMILES string of the molecule is CCC1(C)CCN(c2ccc(C)cc2CNC(C)C)CC1. The molecule has 118 valence electrons. The number of benzene rings is 1. The molecule has 0 amide bonds. The largest absolute Gasteiger partial charge is 0.371 e. The third-order valence-corrected chi connectivity index (χ3v) is 5.10. The quantitative estimate of drug-likeness (QED) is 0.857. The Morgan fingerprint density at radius 1 is 1.24 bits per heavy atom. The summed E-state index contributed by atoms with van der Waals surface area (Å²) in [5, 5.41) is 3.57. The van der Waals surface area contributed by atoms with Gasteiger partial charge in [-0.05, 0) is 36.8 Å². The molecule has 1 N–H and O–H groups in total. The molecular weight excluding hydrogens is 256 g/mol. The van der Waals surface area contributed by atoms with Crippen molar-refractivity contribution in [1.82, 2.24) is 5.32 Å². The van der Waals surface area contributed by atoms with Crippen LogP contribution in [0, 0.1) is 12.3 Å². The number of hydrogen-bond donors (Lipinski definition) is 1. The second-order valence-corrected chi connectivity index (χ2v) is 7.32. The predicted octanol–water partition coefficient (Wildman–Crippen LogP) is 4.51. The molecule has 2 heteroatoms. The lowest BCUT2D eigenvalue weighted by Crippen LogP contribution is -2.39. The van der Waals surface area contributed by atoms with Crippen molar-refractivity contribution in [3.8, 4) is 0 Å². The molecule has 0 unspecified atom stereocenters. The highest BCUT2D eigenvalue weighted by Crippen LogP contribution is 2.36. The number of anilines is 1. The summed E-state index contributed by atoms with van der Waals surface area (Å²) in [6.45, 7) is 14.7. The van der Waals surface area contributed by atoms with Gasteiger partial charge in [-0.25, -0.2) is 0 Å². The van der Waals surface area contributed by atoms with Crippen molar-refractivity contribution in [2.24, 2.45) is 5.41 Å². The molecule has 21 heavy (non-hydrogen) atoms. The first kappa shape index (κ1) is 16.4. The lowest BCUT2D eigenvalue weighted by molar-refractivity contribution is 0.238. The number of nitrogens with zero attached hydrogens (tertiary/aromatic N) is 1. The van der Waals surface area contributed by atoms with Crippen LogP contribution in [0.3, 0.4) is 0 Å². The molecule has 0 spiro atoms.